The summed E-state index contributed by atoms with van der Waals surface area (Å²) in [6.45, 7) is 2.38. The molecule has 1 atom stereocenters. The number of amides is 1. The molecule has 0 aliphatic heterocycles. The van der Waals surface area contributed by atoms with Crippen molar-refractivity contribution in [2.24, 2.45) is 0 Å². The molecule has 0 radical (unpaired) electrons. The highest BCUT2D eigenvalue weighted by molar-refractivity contribution is 8.00. The van der Waals surface area contributed by atoms with Crippen molar-refractivity contribution in [1.82, 2.24) is 10.3 Å². The molecule has 3 nitrogen and oxygen atoms in total. The van der Waals surface area contributed by atoms with E-state index < -0.39 is 0 Å². The van der Waals surface area contributed by atoms with Crippen molar-refractivity contribution < 1.29 is 4.79 Å². The number of rotatable bonds is 5. The van der Waals surface area contributed by atoms with Crippen molar-refractivity contribution in [3.8, 4) is 0 Å². The fraction of sp³-hybridized carbons (Fsp3) is 0.200. The molecule has 2 aromatic rings. The number of thioether (sulfide) groups is 1. The lowest BCUT2D eigenvalue weighted by Crippen LogP contribution is -2.30. The minimum absolute atomic E-state index is 0.0273. The van der Waals surface area contributed by atoms with Crippen LogP contribution in [-0.2, 0) is 11.3 Å². The first-order valence-corrected chi connectivity index (χ1v) is 7.03. The Morgan fingerprint density at radius 1 is 1.21 bits per heavy atom. The predicted octanol–water partition coefficient (Wildman–Crippen LogP) is 2.88. The quantitative estimate of drug-likeness (QED) is 0.851. The van der Waals surface area contributed by atoms with E-state index in [0.29, 0.717) is 6.54 Å². The molecule has 0 aliphatic rings. The average molecular weight is 272 g/mol. The first-order valence-electron chi connectivity index (χ1n) is 6.15. The second-order valence-electron chi connectivity index (χ2n) is 4.11. The Morgan fingerprint density at radius 2 is 1.95 bits per heavy atom. The van der Waals surface area contributed by atoms with E-state index in [-0.39, 0.29) is 11.2 Å². The Balaban J connectivity index is 1.83. The van der Waals surface area contributed by atoms with Crippen molar-refractivity contribution >= 4 is 17.7 Å². The fourth-order valence-electron chi connectivity index (χ4n) is 1.58. The van der Waals surface area contributed by atoms with Gasteiger partial charge < -0.3 is 5.32 Å². The van der Waals surface area contributed by atoms with Gasteiger partial charge in [-0.25, -0.2) is 0 Å². The highest BCUT2D eigenvalue weighted by atomic mass is 32.2. The van der Waals surface area contributed by atoms with Crippen LogP contribution in [0.4, 0.5) is 0 Å². The number of carbonyl (C=O) groups is 1. The van der Waals surface area contributed by atoms with Gasteiger partial charge in [-0.3, -0.25) is 9.78 Å². The zero-order valence-electron chi connectivity index (χ0n) is 10.7. The molecular formula is C15H16N2OS. The zero-order chi connectivity index (χ0) is 13.5. The zero-order valence-corrected chi connectivity index (χ0v) is 11.6. The van der Waals surface area contributed by atoms with E-state index in [9.17, 15) is 4.79 Å². The number of hydrogen-bond donors (Lipinski definition) is 1. The summed E-state index contributed by atoms with van der Waals surface area (Å²) in [6.07, 6.45) is 1.73. The Bertz CT molecular complexity index is 516. The number of benzene rings is 1. The van der Waals surface area contributed by atoms with E-state index in [2.05, 4.69) is 10.3 Å². The normalized spacial score (nSPS) is 11.8. The van der Waals surface area contributed by atoms with E-state index in [0.717, 1.165) is 10.6 Å². The van der Waals surface area contributed by atoms with Crippen LogP contribution >= 0.6 is 11.8 Å². The first kappa shape index (κ1) is 13.6. The Labute approximate surface area is 117 Å². The van der Waals surface area contributed by atoms with Crippen LogP contribution in [-0.4, -0.2) is 16.1 Å². The molecule has 1 N–H and O–H groups in total. The molecular weight excluding hydrogens is 256 g/mol. The summed E-state index contributed by atoms with van der Waals surface area (Å²) in [7, 11) is 0. The van der Waals surface area contributed by atoms with E-state index in [1.165, 1.54) is 0 Å². The first-order chi connectivity index (χ1) is 9.25. The summed E-state index contributed by atoms with van der Waals surface area (Å²) >= 11 is 1.55. The van der Waals surface area contributed by atoms with Crippen LogP contribution < -0.4 is 5.32 Å². The maximum absolute atomic E-state index is 12.0. The maximum atomic E-state index is 12.0. The molecule has 0 unspecified atom stereocenters. The van der Waals surface area contributed by atoms with Crippen molar-refractivity contribution in [3.63, 3.8) is 0 Å². The van der Waals surface area contributed by atoms with Gasteiger partial charge in [-0.1, -0.05) is 24.3 Å². The van der Waals surface area contributed by atoms with Gasteiger partial charge in [0.05, 0.1) is 17.5 Å². The van der Waals surface area contributed by atoms with E-state index in [4.69, 9.17) is 0 Å². The van der Waals surface area contributed by atoms with Crippen molar-refractivity contribution in [3.05, 3.63) is 60.4 Å². The lowest BCUT2D eigenvalue weighted by molar-refractivity contribution is -0.120. The van der Waals surface area contributed by atoms with Crippen molar-refractivity contribution in [2.45, 2.75) is 23.6 Å². The molecule has 98 valence electrons. The van der Waals surface area contributed by atoms with Gasteiger partial charge in [-0.15, -0.1) is 11.8 Å². The molecule has 1 heterocycles. The largest absolute Gasteiger partial charge is 0.349 e. The van der Waals surface area contributed by atoms with Crippen LogP contribution in [0.2, 0.25) is 0 Å². The molecule has 0 bridgehead atoms. The maximum Gasteiger partial charge on any atom is 0.233 e. The van der Waals surface area contributed by atoms with Gasteiger partial charge >= 0.3 is 0 Å². The molecule has 2 rings (SSSR count). The molecule has 0 spiro atoms. The van der Waals surface area contributed by atoms with Gasteiger partial charge in [0.25, 0.3) is 0 Å². The number of hydrogen-bond acceptors (Lipinski definition) is 3. The molecule has 0 saturated carbocycles. The lowest BCUT2D eigenvalue weighted by atomic mass is 10.3. The van der Waals surface area contributed by atoms with Gasteiger partial charge in [0.2, 0.25) is 5.91 Å². The summed E-state index contributed by atoms with van der Waals surface area (Å²) in [5.74, 6) is 0.0273. The Hall–Kier alpha value is -1.81. The van der Waals surface area contributed by atoms with Gasteiger partial charge in [0.15, 0.2) is 0 Å². The molecule has 1 amide bonds. The van der Waals surface area contributed by atoms with E-state index in [1.54, 1.807) is 18.0 Å². The molecule has 4 heteroatoms. The number of pyridine rings is 1. The molecule has 0 aliphatic carbocycles. The summed E-state index contributed by atoms with van der Waals surface area (Å²) in [4.78, 5) is 17.2. The fourth-order valence-corrected chi connectivity index (χ4v) is 2.49. The molecule has 0 fully saturated rings. The SMILES string of the molecule is C[C@H](Sc1ccccc1)C(=O)NCc1ccccn1. The highest BCUT2D eigenvalue weighted by Gasteiger charge is 2.13. The van der Waals surface area contributed by atoms with Gasteiger partial charge in [0.1, 0.15) is 0 Å². The van der Waals surface area contributed by atoms with E-state index >= 15 is 0 Å². The summed E-state index contributed by atoms with van der Waals surface area (Å²) < 4.78 is 0. The second-order valence-corrected chi connectivity index (χ2v) is 5.53. The number of nitrogens with one attached hydrogen (secondary N) is 1. The smallest absolute Gasteiger partial charge is 0.233 e. The van der Waals surface area contributed by atoms with Crippen LogP contribution in [0.25, 0.3) is 0 Å². The minimum Gasteiger partial charge on any atom is -0.349 e. The van der Waals surface area contributed by atoms with Crippen molar-refractivity contribution in [1.29, 1.82) is 0 Å². The van der Waals surface area contributed by atoms with Gasteiger partial charge in [-0.2, -0.15) is 0 Å². The van der Waals surface area contributed by atoms with Crippen LogP contribution in [0.1, 0.15) is 12.6 Å². The topological polar surface area (TPSA) is 42.0 Å². The van der Waals surface area contributed by atoms with Crippen LogP contribution in [0.3, 0.4) is 0 Å². The van der Waals surface area contributed by atoms with Crippen molar-refractivity contribution in [2.75, 3.05) is 0 Å². The predicted molar refractivity (Wildman–Crippen MR) is 77.8 cm³/mol. The molecule has 0 saturated heterocycles. The van der Waals surface area contributed by atoms with Crippen LogP contribution in [0, 0.1) is 0 Å². The molecule has 1 aromatic carbocycles. The minimum atomic E-state index is -0.119. The summed E-state index contributed by atoms with van der Waals surface area (Å²) in [6, 6.07) is 15.6. The van der Waals surface area contributed by atoms with Crippen LogP contribution in [0.15, 0.2) is 59.6 Å². The summed E-state index contributed by atoms with van der Waals surface area (Å²) in [5, 5.41) is 2.78. The molecule has 1 aromatic heterocycles. The standard InChI is InChI=1S/C15H16N2OS/c1-12(19-14-8-3-2-4-9-14)15(18)17-11-13-7-5-6-10-16-13/h2-10,12H,11H2,1H3,(H,17,18)/t12-/m0/s1. The third-order valence-electron chi connectivity index (χ3n) is 2.60. The van der Waals surface area contributed by atoms with Gasteiger partial charge in [0, 0.05) is 11.1 Å². The lowest BCUT2D eigenvalue weighted by Gasteiger charge is -2.11. The van der Waals surface area contributed by atoms with E-state index in [1.807, 2.05) is 55.5 Å². The van der Waals surface area contributed by atoms with Gasteiger partial charge in [-0.05, 0) is 31.2 Å². The summed E-state index contributed by atoms with van der Waals surface area (Å²) in [5.41, 5.74) is 0.868. The number of nitrogens with zero attached hydrogens (tertiary/aromatic N) is 1. The molecule has 19 heavy (non-hydrogen) atoms. The Morgan fingerprint density at radius 3 is 2.63 bits per heavy atom. The Kier molecular flexibility index (Phi) is 4.98. The number of aromatic nitrogens is 1. The van der Waals surface area contributed by atoms with Crippen LogP contribution in [0.5, 0.6) is 0 Å². The third-order valence-corrected chi connectivity index (χ3v) is 3.71. The third kappa shape index (κ3) is 4.41. The number of carbonyl (C=O) groups excluding carboxylic acids is 1. The average Bonchev–Trinajstić information content (AvgIpc) is 2.47. The monoisotopic (exact) mass is 272 g/mol. The second kappa shape index (κ2) is 6.95. The highest BCUT2D eigenvalue weighted by Crippen LogP contribution is 2.22.